The van der Waals surface area contributed by atoms with Crippen molar-refractivity contribution >= 4 is 12.2 Å². The van der Waals surface area contributed by atoms with Crippen LogP contribution in [0.2, 0.25) is 0 Å². The van der Waals surface area contributed by atoms with E-state index in [1.807, 2.05) is 67.0 Å². The molecule has 5 nitrogen and oxygen atoms in total. The van der Waals surface area contributed by atoms with E-state index in [0.29, 0.717) is 11.6 Å². The van der Waals surface area contributed by atoms with Crippen molar-refractivity contribution in [3.05, 3.63) is 205 Å². The van der Waals surface area contributed by atoms with Crippen LogP contribution in [0.3, 0.4) is 0 Å². The Morgan fingerprint density at radius 3 is 1.77 bits per heavy atom. The molecular weight excluding hydrogens is 733 g/mol. The van der Waals surface area contributed by atoms with E-state index in [9.17, 15) is 0 Å². The first-order valence-corrected chi connectivity index (χ1v) is 20.3. The van der Waals surface area contributed by atoms with Gasteiger partial charge in [0.25, 0.3) is 0 Å². The van der Waals surface area contributed by atoms with Crippen molar-refractivity contribution in [2.45, 2.75) is 19.3 Å². The summed E-state index contributed by atoms with van der Waals surface area (Å²) in [6.45, 7) is 4.62. The van der Waals surface area contributed by atoms with E-state index in [1.165, 1.54) is 22.3 Å². The molecule has 7 aromatic carbocycles. The van der Waals surface area contributed by atoms with Gasteiger partial charge in [0.1, 0.15) is 11.5 Å². The van der Waals surface area contributed by atoms with E-state index < -0.39 is 0 Å². The number of para-hydroxylation sites is 1. The third-order valence-corrected chi connectivity index (χ3v) is 11.9. The minimum atomic E-state index is -0.207. The highest BCUT2D eigenvalue weighted by molar-refractivity contribution is 5.94. The molecule has 284 valence electrons. The maximum atomic E-state index is 7.18. The van der Waals surface area contributed by atoms with Gasteiger partial charge < -0.3 is 4.74 Å². The van der Waals surface area contributed by atoms with E-state index >= 15 is 0 Å². The van der Waals surface area contributed by atoms with E-state index in [1.54, 1.807) is 0 Å². The molecule has 0 saturated heterocycles. The summed E-state index contributed by atoms with van der Waals surface area (Å²) in [6, 6.07) is 59.2. The average Bonchev–Trinajstić information content (AvgIpc) is 3.52. The quantitative estimate of drug-likeness (QED) is 0.178. The molecule has 0 radical (unpaired) electrons. The minimum absolute atomic E-state index is 0.207. The highest BCUT2D eigenvalue weighted by Crippen LogP contribution is 2.53. The maximum absolute atomic E-state index is 7.18. The SMILES string of the molecule is CC1(C)c2ccccc2-c2cc3c(cc21)Oc1ccccc1-c1ccccc1/C=C\c1ccc(-c2cc(-c4ccccc4)nc(-c4cnc(-c5ccccc5)nc4)n2)cc1-3. The van der Waals surface area contributed by atoms with Crippen LogP contribution in [0.4, 0.5) is 0 Å². The van der Waals surface area contributed by atoms with Crippen LogP contribution >= 0.6 is 0 Å². The van der Waals surface area contributed by atoms with Crippen molar-refractivity contribution in [1.29, 1.82) is 0 Å². The second kappa shape index (κ2) is 14.3. The fraction of sp³-hybridized carbons (Fsp3) is 0.0545. The van der Waals surface area contributed by atoms with Gasteiger partial charge in [0, 0.05) is 45.6 Å². The highest BCUT2D eigenvalue weighted by Gasteiger charge is 2.37. The predicted molar refractivity (Wildman–Crippen MR) is 243 cm³/mol. The van der Waals surface area contributed by atoms with Crippen LogP contribution in [0.1, 0.15) is 36.1 Å². The molecule has 2 aromatic heterocycles. The van der Waals surface area contributed by atoms with Gasteiger partial charge in [-0.15, -0.1) is 0 Å². The highest BCUT2D eigenvalue weighted by atomic mass is 16.5. The minimum Gasteiger partial charge on any atom is -0.456 e. The first-order chi connectivity index (χ1) is 29.5. The Bertz CT molecular complexity index is 3130. The van der Waals surface area contributed by atoms with Gasteiger partial charge in [-0.2, -0.15) is 0 Å². The van der Waals surface area contributed by atoms with Crippen LogP contribution in [-0.2, 0) is 5.41 Å². The zero-order valence-corrected chi connectivity index (χ0v) is 33.2. The van der Waals surface area contributed by atoms with Gasteiger partial charge >= 0.3 is 0 Å². The van der Waals surface area contributed by atoms with Crippen LogP contribution in [0.25, 0.3) is 90.8 Å². The topological polar surface area (TPSA) is 60.8 Å². The number of hydrogen-bond donors (Lipinski definition) is 0. The molecule has 0 atom stereocenters. The summed E-state index contributed by atoms with van der Waals surface area (Å²) in [4.78, 5) is 19.8. The van der Waals surface area contributed by atoms with E-state index in [2.05, 4.69) is 141 Å². The fourth-order valence-corrected chi connectivity index (χ4v) is 8.74. The number of fused-ring (bicyclic) bond motifs is 9. The molecule has 1 aliphatic carbocycles. The number of rotatable bonds is 4. The van der Waals surface area contributed by atoms with Gasteiger partial charge in [-0.1, -0.05) is 166 Å². The maximum Gasteiger partial charge on any atom is 0.163 e. The normalized spacial score (nSPS) is 13.6. The number of aromatic nitrogens is 4. The smallest absolute Gasteiger partial charge is 0.163 e. The lowest BCUT2D eigenvalue weighted by Gasteiger charge is -2.23. The van der Waals surface area contributed by atoms with Gasteiger partial charge in [0.15, 0.2) is 11.6 Å². The molecule has 0 spiro atoms. The van der Waals surface area contributed by atoms with Crippen molar-refractivity contribution in [1.82, 2.24) is 19.9 Å². The monoisotopic (exact) mass is 770 g/mol. The Balaban J connectivity index is 1.13. The molecule has 60 heavy (non-hydrogen) atoms. The molecule has 2 aliphatic rings. The summed E-state index contributed by atoms with van der Waals surface area (Å²) < 4.78 is 7.18. The first-order valence-electron chi connectivity index (χ1n) is 20.3. The van der Waals surface area contributed by atoms with Crippen molar-refractivity contribution in [3.63, 3.8) is 0 Å². The molecule has 0 bridgehead atoms. The number of benzene rings is 7. The molecule has 5 heteroatoms. The number of hydrogen-bond acceptors (Lipinski definition) is 5. The molecule has 0 amide bonds. The van der Waals surface area contributed by atoms with Crippen molar-refractivity contribution in [2.24, 2.45) is 0 Å². The lowest BCUT2D eigenvalue weighted by atomic mass is 9.81. The Morgan fingerprint density at radius 1 is 0.383 bits per heavy atom. The number of ether oxygens (including phenoxy) is 1. The summed E-state index contributed by atoms with van der Waals surface area (Å²) in [6.07, 6.45) is 8.07. The van der Waals surface area contributed by atoms with E-state index in [4.69, 9.17) is 24.7 Å². The Hall–Kier alpha value is -7.76. The lowest BCUT2D eigenvalue weighted by Crippen LogP contribution is -2.15. The summed E-state index contributed by atoms with van der Waals surface area (Å²) in [7, 11) is 0. The molecule has 0 saturated carbocycles. The van der Waals surface area contributed by atoms with Gasteiger partial charge in [0.05, 0.1) is 17.0 Å². The number of nitrogens with zero attached hydrogens (tertiary/aromatic N) is 4. The average molecular weight is 771 g/mol. The summed E-state index contributed by atoms with van der Waals surface area (Å²) in [5.74, 6) is 2.81. The first kappa shape index (κ1) is 35.4. The van der Waals surface area contributed by atoms with Crippen molar-refractivity contribution in [2.75, 3.05) is 0 Å². The molecular formula is C55H38N4O. The van der Waals surface area contributed by atoms with Crippen molar-refractivity contribution in [3.8, 4) is 90.2 Å². The molecule has 0 unspecified atom stereocenters. The van der Waals surface area contributed by atoms with E-state index in [-0.39, 0.29) is 5.41 Å². The summed E-state index contributed by atoms with van der Waals surface area (Å²) in [5.41, 5.74) is 16.4. The van der Waals surface area contributed by atoms with Crippen LogP contribution in [-0.4, -0.2) is 19.9 Å². The van der Waals surface area contributed by atoms with Gasteiger partial charge in [-0.3, -0.25) is 0 Å². The molecule has 3 heterocycles. The largest absolute Gasteiger partial charge is 0.456 e. The predicted octanol–water partition coefficient (Wildman–Crippen LogP) is 13.9. The molecule has 0 fully saturated rings. The Morgan fingerprint density at radius 2 is 1.00 bits per heavy atom. The second-order valence-electron chi connectivity index (χ2n) is 15.9. The zero-order valence-electron chi connectivity index (χ0n) is 33.2. The van der Waals surface area contributed by atoms with Crippen molar-refractivity contribution < 1.29 is 4.74 Å². The summed E-state index contributed by atoms with van der Waals surface area (Å²) >= 11 is 0. The summed E-state index contributed by atoms with van der Waals surface area (Å²) in [5, 5.41) is 0. The van der Waals surface area contributed by atoms with E-state index in [0.717, 1.165) is 78.5 Å². The van der Waals surface area contributed by atoms with Gasteiger partial charge in [-0.05, 0) is 74.8 Å². The molecule has 9 aromatic rings. The van der Waals surface area contributed by atoms with Gasteiger partial charge in [0.2, 0.25) is 0 Å². The van der Waals surface area contributed by atoms with Gasteiger partial charge in [-0.25, -0.2) is 19.9 Å². The van der Waals surface area contributed by atoms with Crippen LogP contribution in [0, 0.1) is 0 Å². The lowest BCUT2D eigenvalue weighted by molar-refractivity contribution is 0.484. The molecule has 11 rings (SSSR count). The Kier molecular flexibility index (Phi) is 8.41. The van der Waals surface area contributed by atoms with Crippen LogP contribution < -0.4 is 4.74 Å². The third-order valence-electron chi connectivity index (χ3n) is 11.9. The van der Waals surface area contributed by atoms with Crippen LogP contribution in [0.15, 0.2) is 182 Å². The Labute approximate surface area is 349 Å². The zero-order chi connectivity index (χ0) is 40.2. The molecule has 1 aliphatic heterocycles. The van der Waals surface area contributed by atoms with Crippen LogP contribution in [0.5, 0.6) is 11.5 Å². The molecule has 0 N–H and O–H groups in total. The standard InChI is InChI=1S/C55H38N4O/c1-55(2)47-23-13-11-21-42(47)45-30-46-44-29-39(28-27-36(44)26-25-35-15-9-10-20-41(35)43-22-12-14-24-51(43)60-52(46)31-48(45)55)50-32-49(37-16-5-3-6-17-37)58-54(59-50)40-33-56-53(57-34-40)38-18-7-4-8-19-38/h3-34H,1-2H3/b26-25-. The fourth-order valence-electron chi connectivity index (χ4n) is 8.74. The third kappa shape index (κ3) is 6.11. The second-order valence-corrected chi connectivity index (χ2v) is 15.9.